The van der Waals surface area contributed by atoms with Crippen molar-refractivity contribution in [2.24, 2.45) is 0 Å². The predicted molar refractivity (Wildman–Crippen MR) is 101 cm³/mol. The van der Waals surface area contributed by atoms with E-state index in [1.54, 1.807) is 18.2 Å². The minimum Gasteiger partial charge on any atom is -0.489 e. The molecule has 3 aromatic rings. The summed E-state index contributed by atoms with van der Waals surface area (Å²) in [4.78, 5) is 12.8. The normalized spacial score (nSPS) is 16.0. The highest BCUT2D eigenvalue weighted by atomic mass is 19.1. The van der Waals surface area contributed by atoms with E-state index in [0.717, 1.165) is 56.1 Å². The number of para-hydroxylation sites is 3. The summed E-state index contributed by atoms with van der Waals surface area (Å²) in [6, 6.07) is 14.7. The predicted octanol–water partition coefficient (Wildman–Crippen LogP) is 3.29. The van der Waals surface area contributed by atoms with Crippen LogP contribution in [0.1, 0.15) is 6.42 Å². The molecule has 1 saturated heterocycles. The fourth-order valence-electron chi connectivity index (χ4n) is 3.34. The van der Waals surface area contributed by atoms with E-state index < -0.39 is 0 Å². The maximum absolute atomic E-state index is 13.6. The first-order valence-corrected chi connectivity index (χ1v) is 9.09. The number of anilines is 1. The van der Waals surface area contributed by atoms with Crippen LogP contribution in [0.15, 0.2) is 48.5 Å². The van der Waals surface area contributed by atoms with Crippen LogP contribution >= 0.6 is 0 Å². The summed E-state index contributed by atoms with van der Waals surface area (Å²) in [7, 11) is 0. The average molecular weight is 354 g/mol. The second-order valence-electron chi connectivity index (χ2n) is 6.54. The van der Waals surface area contributed by atoms with Crippen molar-refractivity contribution in [2.75, 3.05) is 44.2 Å². The van der Waals surface area contributed by atoms with E-state index in [9.17, 15) is 4.39 Å². The van der Waals surface area contributed by atoms with Gasteiger partial charge in [-0.3, -0.25) is 4.90 Å². The van der Waals surface area contributed by atoms with Gasteiger partial charge in [0.15, 0.2) is 11.6 Å². The van der Waals surface area contributed by atoms with Crippen molar-refractivity contribution < 1.29 is 9.13 Å². The first-order chi connectivity index (χ1) is 12.8. The maximum Gasteiger partial charge on any atom is 0.203 e. The Morgan fingerprint density at radius 2 is 1.85 bits per heavy atom. The van der Waals surface area contributed by atoms with Crippen LogP contribution in [0.5, 0.6) is 5.75 Å². The topological polar surface area (TPSA) is 44.4 Å². The fraction of sp³-hybridized carbons (Fsp3) is 0.350. The Morgan fingerprint density at radius 3 is 2.73 bits per heavy atom. The molecule has 0 saturated carbocycles. The fourth-order valence-corrected chi connectivity index (χ4v) is 3.34. The summed E-state index contributed by atoms with van der Waals surface area (Å²) in [5.41, 5.74) is 2.07. The third-order valence-electron chi connectivity index (χ3n) is 4.77. The van der Waals surface area contributed by atoms with Gasteiger partial charge in [0.2, 0.25) is 5.95 Å². The van der Waals surface area contributed by atoms with Gasteiger partial charge in [0, 0.05) is 32.7 Å². The van der Waals surface area contributed by atoms with Gasteiger partial charge in [-0.25, -0.2) is 9.37 Å². The van der Waals surface area contributed by atoms with Crippen molar-refractivity contribution in [1.82, 2.24) is 14.9 Å². The number of hydrogen-bond donors (Lipinski definition) is 1. The van der Waals surface area contributed by atoms with Crippen molar-refractivity contribution in [3.05, 3.63) is 54.3 Å². The smallest absolute Gasteiger partial charge is 0.203 e. The summed E-state index contributed by atoms with van der Waals surface area (Å²) >= 11 is 0. The average Bonchev–Trinajstić information content (AvgIpc) is 2.95. The zero-order valence-electron chi connectivity index (χ0n) is 14.7. The lowest BCUT2D eigenvalue weighted by atomic mass is 10.3. The lowest BCUT2D eigenvalue weighted by Gasteiger charge is -2.21. The number of benzene rings is 2. The Morgan fingerprint density at radius 1 is 1.00 bits per heavy atom. The lowest BCUT2D eigenvalue weighted by Crippen LogP contribution is -2.33. The van der Waals surface area contributed by atoms with Gasteiger partial charge in [0.1, 0.15) is 6.61 Å². The molecule has 1 aliphatic rings. The van der Waals surface area contributed by atoms with E-state index in [2.05, 4.69) is 20.9 Å². The van der Waals surface area contributed by atoms with Crippen LogP contribution in [0.3, 0.4) is 0 Å². The Kier molecular flexibility index (Phi) is 5.02. The molecule has 6 heteroatoms. The molecule has 1 aliphatic heterocycles. The molecule has 0 atom stereocenters. The van der Waals surface area contributed by atoms with Crippen LogP contribution in [0.25, 0.3) is 11.0 Å². The first-order valence-electron chi connectivity index (χ1n) is 9.09. The van der Waals surface area contributed by atoms with E-state index in [-0.39, 0.29) is 5.82 Å². The zero-order valence-corrected chi connectivity index (χ0v) is 14.7. The molecule has 5 nitrogen and oxygen atoms in total. The summed E-state index contributed by atoms with van der Waals surface area (Å²) in [6.45, 7) is 5.13. The third kappa shape index (κ3) is 3.80. The minimum atomic E-state index is -0.306. The Balaban J connectivity index is 1.31. The van der Waals surface area contributed by atoms with Crippen molar-refractivity contribution in [2.45, 2.75) is 6.42 Å². The molecule has 0 aliphatic carbocycles. The number of halogens is 1. The molecule has 1 N–H and O–H groups in total. The van der Waals surface area contributed by atoms with Crippen molar-refractivity contribution in [3.63, 3.8) is 0 Å². The third-order valence-corrected chi connectivity index (χ3v) is 4.77. The molecule has 136 valence electrons. The van der Waals surface area contributed by atoms with Gasteiger partial charge in [-0.05, 0) is 30.7 Å². The Labute approximate surface area is 152 Å². The summed E-state index contributed by atoms with van der Waals surface area (Å²) in [5.74, 6) is 0.960. The van der Waals surface area contributed by atoms with Gasteiger partial charge in [0.25, 0.3) is 0 Å². The second-order valence-corrected chi connectivity index (χ2v) is 6.54. The van der Waals surface area contributed by atoms with Crippen molar-refractivity contribution in [1.29, 1.82) is 0 Å². The van der Waals surface area contributed by atoms with E-state index in [1.807, 2.05) is 18.2 Å². The number of hydrogen-bond acceptors (Lipinski definition) is 4. The summed E-state index contributed by atoms with van der Waals surface area (Å²) in [6.07, 6.45) is 1.07. The van der Waals surface area contributed by atoms with E-state index in [1.165, 1.54) is 6.07 Å². The molecular formula is C20H23FN4O. The molecule has 1 aromatic heterocycles. The largest absolute Gasteiger partial charge is 0.489 e. The second kappa shape index (κ2) is 7.74. The lowest BCUT2D eigenvalue weighted by molar-refractivity contribution is 0.213. The van der Waals surface area contributed by atoms with Crippen molar-refractivity contribution in [3.8, 4) is 5.75 Å². The van der Waals surface area contributed by atoms with Crippen LogP contribution in [0.2, 0.25) is 0 Å². The summed E-state index contributed by atoms with van der Waals surface area (Å²) < 4.78 is 19.2. The highest BCUT2D eigenvalue weighted by Crippen LogP contribution is 2.19. The number of aromatic amines is 1. The number of rotatable bonds is 5. The van der Waals surface area contributed by atoms with Crippen LogP contribution in [0, 0.1) is 5.82 Å². The number of fused-ring (bicyclic) bond motifs is 1. The van der Waals surface area contributed by atoms with Gasteiger partial charge < -0.3 is 14.6 Å². The quantitative estimate of drug-likeness (QED) is 0.764. The maximum atomic E-state index is 13.6. The molecule has 0 amide bonds. The van der Waals surface area contributed by atoms with Crippen LogP contribution in [-0.2, 0) is 0 Å². The number of aromatic nitrogens is 2. The molecule has 2 heterocycles. The molecular weight excluding hydrogens is 331 g/mol. The molecule has 1 fully saturated rings. The van der Waals surface area contributed by atoms with Crippen LogP contribution in [-0.4, -0.2) is 54.2 Å². The van der Waals surface area contributed by atoms with E-state index in [0.29, 0.717) is 12.4 Å². The minimum absolute atomic E-state index is 0.306. The molecule has 2 aromatic carbocycles. The van der Waals surface area contributed by atoms with E-state index >= 15 is 0 Å². The Hall–Kier alpha value is -2.60. The number of nitrogens with one attached hydrogen (secondary N) is 1. The van der Waals surface area contributed by atoms with Crippen molar-refractivity contribution >= 4 is 17.0 Å². The molecule has 26 heavy (non-hydrogen) atoms. The Bertz CT molecular complexity index is 833. The number of ether oxygens (including phenoxy) is 1. The van der Waals surface area contributed by atoms with Crippen LogP contribution in [0.4, 0.5) is 10.3 Å². The molecule has 4 rings (SSSR count). The summed E-state index contributed by atoms with van der Waals surface area (Å²) in [5, 5.41) is 0. The highest BCUT2D eigenvalue weighted by Gasteiger charge is 2.17. The number of imidazole rings is 1. The van der Waals surface area contributed by atoms with Gasteiger partial charge in [-0.1, -0.05) is 24.3 Å². The van der Waals surface area contributed by atoms with Gasteiger partial charge in [-0.2, -0.15) is 0 Å². The molecule has 0 unspecified atom stereocenters. The van der Waals surface area contributed by atoms with Gasteiger partial charge >= 0.3 is 0 Å². The monoisotopic (exact) mass is 354 g/mol. The first kappa shape index (κ1) is 16.8. The molecule has 0 radical (unpaired) electrons. The molecule has 0 spiro atoms. The number of H-pyrrole nitrogens is 1. The standard InChI is InChI=1S/C20H23FN4O/c21-16-6-1-4-9-19(16)26-15-14-24-10-5-11-25(13-12-24)20-22-17-7-2-3-8-18(17)23-20/h1-4,6-9H,5,10-15H2,(H,22,23). The number of nitrogens with zero attached hydrogens (tertiary/aromatic N) is 3. The van der Waals surface area contributed by atoms with Gasteiger partial charge in [-0.15, -0.1) is 0 Å². The molecule has 0 bridgehead atoms. The SMILES string of the molecule is Fc1ccccc1OCCN1CCCN(c2nc3ccccc3[nH]2)CC1. The van der Waals surface area contributed by atoms with Crippen LogP contribution < -0.4 is 9.64 Å². The van der Waals surface area contributed by atoms with Gasteiger partial charge in [0.05, 0.1) is 11.0 Å². The highest BCUT2D eigenvalue weighted by molar-refractivity contribution is 5.77. The van der Waals surface area contributed by atoms with E-state index in [4.69, 9.17) is 9.72 Å². The zero-order chi connectivity index (χ0) is 17.8.